The molecule has 132 valence electrons. The Bertz CT molecular complexity index is 952. The maximum absolute atomic E-state index is 11.8. The molecule has 0 aliphatic rings. The zero-order chi connectivity index (χ0) is 18.7. The van der Waals surface area contributed by atoms with Crippen LogP contribution in [0, 0.1) is 6.92 Å². The van der Waals surface area contributed by atoms with Crippen molar-refractivity contribution in [2.75, 3.05) is 14.2 Å². The highest BCUT2D eigenvalue weighted by Crippen LogP contribution is 2.36. The normalized spacial score (nSPS) is 10.4. The third-order valence-corrected chi connectivity index (χ3v) is 4.18. The van der Waals surface area contributed by atoms with Gasteiger partial charge in [-0.1, -0.05) is 36.4 Å². The number of aromatic carboxylic acids is 1. The van der Waals surface area contributed by atoms with Crippen LogP contribution in [-0.2, 0) is 0 Å². The zero-order valence-electron chi connectivity index (χ0n) is 14.8. The lowest BCUT2D eigenvalue weighted by molar-refractivity contribution is 0.0696. The van der Waals surface area contributed by atoms with E-state index in [-0.39, 0.29) is 5.56 Å². The highest BCUT2D eigenvalue weighted by molar-refractivity contribution is 5.98. The van der Waals surface area contributed by atoms with Gasteiger partial charge in [-0.15, -0.1) is 0 Å². The van der Waals surface area contributed by atoms with Crippen LogP contribution in [-0.4, -0.2) is 30.3 Å². The molecule has 1 heterocycles. The van der Waals surface area contributed by atoms with E-state index in [1.807, 2.05) is 36.4 Å². The topological polar surface area (TPSA) is 68.7 Å². The second-order valence-corrected chi connectivity index (χ2v) is 5.76. The summed E-state index contributed by atoms with van der Waals surface area (Å²) in [7, 11) is 3.11. The third-order valence-electron chi connectivity index (χ3n) is 4.18. The van der Waals surface area contributed by atoms with Crippen molar-refractivity contribution in [3.05, 3.63) is 65.9 Å². The Hall–Kier alpha value is -3.34. The number of hydrogen-bond acceptors (Lipinski definition) is 4. The molecular weight excluding hydrogens is 330 g/mol. The van der Waals surface area contributed by atoms with Gasteiger partial charge in [0.25, 0.3) is 0 Å². The van der Waals surface area contributed by atoms with Gasteiger partial charge in [0.1, 0.15) is 0 Å². The first-order chi connectivity index (χ1) is 12.5. The van der Waals surface area contributed by atoms with Crippen LogP contribution in [0.25, 0.3) is 22.4 Å². The number of methoxy groups -OCH3 is 2. The number of pyridine rings is 1. The number of aryl methyl sites for hydroxylation is 1. The van der Waals surface area contributed by atoms with E-state index in [2.05, 4.69) is 4.98 Å². The molecule has 0 aliphatic carbocycles. The minimum absolute atomic E-state index is 0.178. The Morgan fingerprint density at radius 2 is 1.62 bits per heavy atom. The molecule has 3 rings (SSSR count). The number of benzene rings is 2. The molecule has 0 radical (unpaired) electrons. The van der Waals surface area contributed by atoms with E-state index in [0.29, 0.717) is 22.8 Å². The molecule has 0 spiro atoms. The fourth-order valence-corrected chi connectivity index (χ4v) is 2.93. The molecule has 1 aromatic heterocycles. The Morgan fingerprint density at radius 1 is 0.923 bits per heavy atom. The smallest absolute Gasteiger partial charge is 0.338 e. The first kappa shape index (κ1) is 17.5. The van der Waals surface area contributed by atoms with Crippen LogP contribution >= 0.6 is 0 Å². The zero-order valence-corrected chi connectivity index (χ0v) is 14.8. The van der Waals surface area contributed by atoms with Crippen molar-refractivity contribution >= 4 is 5.97 Å². The van der Waals surface area contributed by atoms with Crippen LogP contribution in [0.5, 0.6) is 11.5 Å². The summed E-state index contributed by atoms with van der Waals surface area (Å²) in [6, 6.07) is 16.8. The summed E-state index contributed by atoms with van der Waals surface area (Å²) in [4.78, 5) is 16.3. The van der Waals surface area contributed by atoms with Gasteiger partial charge >= 0.3 is 5.97 Å². The lowest BCUT2D eigenvalue weighted by Crippen LogP contribution is -2.06. The first-order valence-electron chi connectivity index (χ1n) is 8.08. The van der Waals surface area contributed by atoms with Crippen LogP contribution in [0.15, 0.2) is 54.6 Å². The number of carboxylic acids is 1. The van der Waals surface area contributed by atoms with Crippen LogP contribution in [0.2, 0.25) is 0 Å². The summed E-state index contributed by atoms with van der Waals surface area (Å²) in [6.45, 7) is 1.71. The quantitative estimate of drug-likeness (QED) is 0.737. The van der Waals surface area contributed by atoms with Gasteiger partial charge < -0.3 is 14.6 Å². The molecule has 0 amide bonds. The second-order valence-electron chi connectivity index (χ2n) is 5.76. The Labute approximate surface area is 151 Å². The number of nitrogens with zero attached hydrogens (tertiary/aromatic N) is 1. The summed E-state index contributed by atoms with van der Waals surface area (Å²) < 4.78 is 10.6. The Balaban J connectivity index is 2.25. The van der Waals surface area contributed by atoms with Gasteiger partial charge in [0.05, 0.1) is 31.2 Å². The van der Waals surface area contributed by atoms with Gasteiger partial charge in [-0.3, -0.25) is 4.98 Å². The monoisotopic (exact) mass is 349 g/mol. The molecule has 2 aromatic carbocycles. The van der Waals surface area contributed by atoms with Crippen LogP contribution in [0.1, 0.15) is 16.1 Å². The summed E-state index contributed by atoms with van der Waals surface area (Å²) in [5.41, 5.74) is 3.60. The number of rotatable bonds is 5. The highest BCUT2D eigenvalue weighted by atomic mass is 16.5. The van der Waals surface area contributed by atoms with Crippen molar-refractivity contribution in [3.8, 4) is 33.9 Å². The minimum atomic E-state index is -1.01. The number of ether oxygens (including phenoxy) is 2. The summed E-state index contributed by atoms with van der Waals surface area (Å²) in [5.74, 6) is 0.110. The van der Waals surface area contributed by atoms with Crippen molar-refractivity contribution in [2.45, 2.75) is 6.92 Å². The van der Waals surface area contributed by atoms with Gasteiger partial charge in [0, 0.05) is 11.1 Å². The standard InChI is InChI=1S/C21H19NO4/c1-13-20(21(23)24)16(12-17(22-13)14-7-5-4-6-8-14)15-9-10-18(25-2)19(11-15)26-3/h4-12H,1-3H3,(H,23,24). The van der Waals surface area contributed by atoms with Crippen molar-refractivity contribution < 1.29 is 19.4 Å². The Kier molecular flexibility index (Phi) is 4.89. The van der Waals surface area contributed by atoms with Crippen molar-refractivity contribution in [2.24, 2.45) is 0 Å². The van der Waals surface area contributed by atoms with Gasteiger partial charge in [-0.2, -0.15) is 0 Å². The van der Waals surface area contributed by atoms with Crippen molar-refractivity contribution in [1.82, 2.24) is 4.98 Å². The summed E-state index contributed by atoms with van der Waals surface area (Å²) in [6.07, 6.45) is 0. The summed E-state index contributed by atoms with van der Waals surface area (Å²) >= 11 is 0. The van der Waals surface area contributed by atoms with Gasteiger partial charge in [-0.05, 0) is 30.7 Å². The number of aromatic nitrogens is 1. The molecule has 0 fully saturated rings. The lowest BCUT2D eigenvalue weighted by Gasteiger charge is -2.14. The van der Waals surface area contributed by atoms with E-state index in [0.717, 1.165) is 16.8 Å². The lowest BCUT2D eigenvalue weighted by atomic mass is 9.96. The van der Waals surface area contributed by atoms with E-state index >= 15 is 0 Å². The first-order valence-corrected chi connectivity index (χ1v) is 8.08. The number of carbonyl (C=O) groups is 1. The van der Waals surface area contributed by atoms with E-state index in [4.69, 9.17) is 9.47 Å². The molecular formula is C21H19NO4. The largest absolute Gasteiger partial charge is 0.493 e. The van der Waals surface area contributed by atoms with Crippen molar-refractivity contribution in [3.63, 3.8) is 0 Å². The molecule has 0 saturated heterocycles. The molecule has 26 heavy (non-hydrogen) atoms. The van der Waals surface area contributed by atoms with Crippen molar-refractivity contribution in [1.29, 1.82) is 0 Å². The average molecular weight is 349 g/mol. The van der Waals surface area contributed by atoms with E-state index in [9.17, 15) is 9.90 Å². The van der Waals surface area contributed by atoms with E-state index < -0.39 is 5.97 Å². The number of hydrogen-bond donors (Lipinski definition) is 1. The number of carboxylic acid groups (broad SMARTS) is 1. The van der Waals surface area contributed by atoms with E-state index in [1.54, 1.807) is 39.3 Å². The maximum atomic E-state index is 11.8. The minimum Gasteiger partial charge on any atom is -0.493 e. The Morgan fingerprint density at radius 3 is 2.23 bits per heavy atom. The molecule has 0 aliphatic heterocycles. The average Bonchev–Trinajstić information content (AvgIpc) is 2.67. The maximum Gasteiger partial charge on any atom is 0.338 e. The molecule has 0 unspecified atom stereocenters. The fraction of sp³-hybridized carbons (Fsp3) is 0.143. The molecule has 0 bridgehead atoms. The predicted octanol–water partition coefficient (Wildman–Crippen LogP) is 4.44. The SMILES string of the molecule is COc1ccc(-c2cc(-c3ccccc3)nc(C)c2C(=O)O)cc1OC. The van der Waals surface area contributed by atoms with Gasteiger partial charge in [-0.25, -0.2) is 4.79 Å². The predicted molar refractivity (Wildman–Crippen MR) is 99.9 cm³/mol. The summed E-state index contributed by atoms with van der Waals surface area (Å²) in [5, 5.41) is 9.70. The third kappa shape index (κ3) is 3.24. The molecule has 5 heteroatoms. The molecule has 0 atom stereocenters. The molecule has 0 saturated carbocycles. The fourth-order valence-electron chi connectivity index (χ4n) is 2.93. The molecule has 3 aromatic rings. The van der Waals surface area contributed by atoms with E-state index in [1.165, 1.54) is 0 Å². The van der Waals surface area contributed by atoms with Gasteiger partial charge in [0.2, 0.25) is 0 Å². The van der Waals surface area contributed by atoms with Gasteiger partial charge in [0.15, 0.2) is 11.5 Å². The van der Waals surface area contributed by atoms with Crippen LogP contribution < -0.4 is 9.47 Å². The van der Waals surface area contributed by atoms with Crippen LogP contribution in [0.3, 0.4) is 0 Å². The highest BCUT2D eigenvalue weighted by Gasteiger charge is 2.19. The molecule has 1 N–H and O–H groups in total. The van der Waals surface area contributed by atoms with Crippen LogP contribution in [0.4, 0.5) is 0 Å². The second kappa shape index (κ2) is 7.27. The molecule has 5 nitrogen and oxygen atoms in total.